The standard InChI is InChI=1S/C12H11NO5/c1-17-9(14)6-18-11-7-4-2-3-5-8(7)13-10(11)12(15)16/h2-5,13H,6H2,1H3,(H,15,16). The summed E-state index contributed by atoms with van der Waals surface area (Å²) in [5.41, 5.74) is 0.551. The minimum atomic E-state index is -1.15. The fourth-order valence-electron chi connectivity index (χ4n) is 1.61. The Bertz CT molecular complexity index is 602. The van der Waals surface area contributed by atoms with Crippen molar-refractivity contribution in [1.29, 1.82) is 0 Å². The van der Waals surface area contributed by atoms with E-state index < -0.39 is 11.9 Å². The van der Waals surface area contributed by atoms with Gasteiger partial charge in [-0.25, -0.2) is 9.59 Å². The predicted octanol–water partition coefficient (Wildman–Crippen LogP) is 1.42. The monoisotopic (exact) mass is 249 g/mol. The molecule has 0 radical (unpaired) electrons. The lowest BCUT2D eigenvalue weighted by Gasteiger charge is -2.04. The molecular weight excluding hydrogens is 238 g/mol. The molecule has 0 aliphatic heterocycles. The van der Waals surface area contributed by atoms with Crippen molar-refractivity contribution in [3.63, 3.8) is 0 Å². The molecule has 94 valence electrons. The van der Waals surface area contributed by atoms with Crippen molar-refractivity contribution in [3.05, 3.63) is 30.0 Å². The van der Waals surface area contributed by atoms with Crippen LogP contribution in [0.1, 0.15) is 10.5 Å². The van der Waals surface area contributed by atoms with Crippen LogP contribution in [0, 0.1) is 0 Å². The average Bonchev–Trinajstić information content (AvgIpc) is 2.75. The number of rotatable bonds is 4. The Morgan fingerprint density at radius 3 is 2.72 bits per heavy atom. The van der Waals surface area contributed by atoms with Crippen molar-refractivity contribution < 1.29 is 24.2 Å². The van der Waals surface area contributed by atoms with Crippen LogP contribution in [0.5, 0.6) is 5.75 Å². The largest absolute Gasteiger partial charge is 0.479 e. The number of hydrogen-bond donors (Lipinski definition) is 2. The molecule has 0 amide bonds. The van der Waals surface area contributed by atoms with Crippen LogP contribution in [0.3, 0.4) is 0 Å². The first-order valence-electron chi connectivity index (χ1n) is 5.17. The second kappa shape index (κ2) is 4.79. The third kappa shape index (κ3) is 2.13. The topological polar surface area (TPSA) is 88.6 Å². The molecule has 0 saturated heterocycles. The Balaban J connectivity index is 2.42. The number of H-pyrrole nitrogens is 1. The zero-order valence-corrected chi connectivity index (χ0v) is 9.60. The molecule has 0 aliphatic rings. The van der Waals surface area contributed by atoms with E-state index in [0.717, 1.165) is 0 Å². The number of ether oxygens (including phenoxy) is 2. The highest BCUT2D eigenvalue weighted by atomic mass is 16.6. The molecule has 0 atom stereocenters. The number of nitrogens with one attached hydrogen (secondary N) is 1. The summed E-state index contributed by atoms with van der Waals surface area (Å²) in [6.07, 6.45) is 0. The summed E-state index contributed by atoms with van der Waals surface area (Å²) >= 11 is 0. The lowest BCUT2D eigenvalue weighted by atomic mass is 10.2. The maximum Gasteiger partial charge on any atom is 0.356 e. The summed E-state index contributed by atoms with van der Waals surface area (Å²) in [5, 5.41) is 9.67. The maximum atomic E-state index is 11.1. The smallest absolute Gasteiger partial charge is 0.356 e. The Labute approximate surface area is 102 Å². The number of aromatic nitrogens is 1. The number of aromatic carboxylic acids is 1. The van der Waals surface area contributed by atoms with Gasteiger partial charge in [0.1, 0.15) is 0 Å². The Morgan fingerprint density at radius 2 is 2.06 bits per heavy atom. The Morgan fingerprint density at radius 1 is 1.33 bits per heavy atom. The van der Waals surface area contributed by atoms with Crippen LogP contribution in [-0.4, -0.2) is 35.7 Å². The first kappa shape index (κ1) is 12.0. The van der Waals surface area contributed by atoms with Gasteiger partial charge in [0.25, 0.3) is 0 Å². The van der Waals surface area contributed by atoms with Crippen LogP contribution < -0.4 is 4.74 Å². The SMILES string of the molecule is COC(=O)COc1c(C(=O)O)[nH]c2ccccc12. The van der Waals surface area contributed by atoms with Crippen molar-refractivity contribution in [1.82, 2.24) is 4.98 Å². The summed E-state index contributed by atoms with van der Waals surface area (Å²) in [6.45, 7) is -0.335. The minimum Gasteiger partial charge on any atom is -0.479 e. The molecule has 0 bridgehead atoms. The van der Waals surface area contributed by atoms with Gasteiger partial charge in [-0.2, -0.15) is 0 Å². The third-order valence-electron chi connectivity index (χ3n) is 2.43. The number of carboxylic acids is 1. The van der Waals surface area contributed by atoms with Crippen molar-refractivity contribution in [2.45, 2.75) is 0 Å². The molecule has 1 aromatic carbocycles. The second-order valence-corrected chi connectivity index (χ2v) is 3.54. The summed E-state index contributed by atoms with van der Waals surface area (Å²) < 4.78 is 9.66. The lowest BCUT2D eigenvalue weighted by Crippen LogP contribution is -2.13. The first-order valence-corrected chi connectivity index (χ1v) is 5.17. The Hall–Kier alpha value is -2.50. The van der Waals surface area contributed by atoms with E-state index in [1.807, 2.05) is 0 Å². The molecule has 1 heterocycles. The summed E-state index contributed by atoms with van der Waals surface area (Å²) in [4.78, 5) is 24.8. The van der Waals surface area contributed by atoms with Crippen molar-refractivity contribution in [2.75, 3.05) is 13.7 Å². The molecule has 6 nitrogen and oxygen atoms in total. The highest BCUT2D eigenvalue weighted by Crippen LogP contribution is 2.29. The average molecular weight is 249 g/mol. The number of esters is 1. The van der Waals surface area contributed by atoms with Gasteiger partial charge in [-0.15, -0.1) is 0 Å². The van der Waals surface area contributed by atoms with E-state index in [9.17, 15) is 9.59 Å². The van der Waals surface area contributed by atoms with Gasteiger partial charge >= 0.3 is 11.9 Å². The number of fused-ring (bicyclic) bond motifs is 1. The molecule has 0 fully saturated rings. The number of carbonyl (C=O) groups excluding carboxylic acids is 1. The highest BCUT2D eigenvalue weighted by Gasteiger charge is 2.19. The van der Waals surface area contributed by atoms with Gasteiger partial charge in [-0.3, -0.25) is 0 Å². The van der Waals surface area contributed by atoms with Crippen LogP contribution >= 0.6 is 0 Å². The normalized spacial score (nSPS) is 10.3. The molecule has 1 aromatic heterocycles. The van der Waals surface area contributed by atoms with Crippen molar-refractivity contribution in [3.8, 4) is 5.75 Å². The molecule has 2 aromatic rings. The predicted molar refractivity (Wildman–Crippen MR) is 62.8 cm³/mol. The highest BCUT2D eigenvalue weighted by molar-refractivity contribution is 6.00. The van der Waals surface area contributed by atoms with Crippen LogP contribution in [0.4, 0.5) is 0 Å². The Kier molecular flexibility index (Phi) is 3.18. The van der Waals surface area contributed by atoms with Gasteiger partial charge < -0.3 is 19.6 Å². The van der Waals surface area contributed by atoms with Gasteiger partial charge in [-0.1, -0.05) is 12.1 Å². The lowest BCUT2D eigenvalue weighted by molar-refractivity contribution is -0.142. The maximum absolute atomic E-state index is 11.1. The molecule has 0 unspecified atom stereocenters. The van der Waals surface area contributed by atoms with E-state index in [4.69, 9.17) is 9.84 Å². The molecular formula is C12H11NO5. The van der Waals surface area contributed by atoms with E-state index in [0.29, 0.717) is 10.9 Å². The minimum absolute atomic E-state index is 0.0832. The van der Waals surface area contributed by atoms with Gasteiger partial charge in [-0.05, 0) is 12.1 Å². The van der Waals surface area contributed by atoms with Crippen LogP contribution in [0.15, 0.2) is 24.3 Å². The zero-order chi connectivity index (χ0) is 13.1. The zero-order valence-electron chi connectivity index (χ0n) is 9.60. The van der Waals surface area contributed by atoms with Gasteiger partial charge in [0.2, 0.25) is 0 Å². The number of hydrogen-bond acceptors (Lipinski definition) is 4. The first-order chi connectivity index (χ1) is 8.63. The van der Waals surface area contributed by atoms with E-state index in [1.54, 1.807) is 24.3 Å². The summed E-state index contributed by atoms with van der Waals surface area (Å²) in [7, 11) is 1.24. The van der Waals surface area contributed by atoms with E-state index in [2.05, 4.69) is 9.72 Å². The number of methoxy groups -OCH3 is 1. The number of benzene rings is 1. The van der Waals surface area contributed by atoms with Gasteiger partial charge in [0, 0.05) is 10.9 Å². The van der Waals surface area contributed by atoms with Crippen LogP contribution in [0.25, 0.3) is 10.9 Å². The molecule has 0 saturated carbocycles. The third-order valence-corrected chi connectivity index (χ3v) is 2.43. The van der Waals surface area contributed by atoms with Crippen molar-refractivity contribution >= 4 is 22.8 Å². The number of carbonyl (C=O) groups is 2. The fraction of sp³-hybridized carbons (Fsp3) is 0.167. The van der Waals surface area contributed by atoms with Gasteiger partial charge in [0.15, 0.2) is 18.1 Å². The molecule has 0 aliphatic carbocycles. The molecule has 18 heavy (non-hydrogen) atoms. The van der Waals surface area contributed by atoms with Crippen LogP contribution in [-0.2, 0) is 9.53 Å². The summed E-state index contributed by atoms with van der Waals surface area (Å²) in [5.74, 6) is -1.58. The number of aromatic amines is 1. The molecule has 2 N–H and O–H groups in total. The van der Waals surface area contributed by atoms with E-state index in [1.165, 1.54) is 7.11 Å². The summed E-state index contributed by atoms with van der Waals surface area (Å²) in [6, 6.07) is 6.97. The number of para-hydroxylation sites is 1. The number of carboxylic acid groups (broad SMARTS) is 1. The second-order valence-electron chi connectivity index (χ2n) is 3.54. The van der Waals surface area contributed by atoms with E-state index in [-0.39, 0.29) is 18.1 Å². The van der Waals surface area contributed by atoms with Gasteiger partial charge in [0.05, 0.1) is 7.11 Å². The van der Waals surface area contributed by atoms with Crippen LogP contribution in [0.2, 0.25) is 0 Å². The quantitative estimate of drug-likeness (QED) is 0.800. The molecule has 2 rings (SSSR count). The molecule has 6 heteroatoms. The fourth-order valence-corrected chi connectivity index (χ4v) is 1.61. The van der Waals surface area contributed by atoms with E-state index >= 15 is 0 Å². The molecule has 0 spiro atoms. The van der Waals surface area contributed by atoms with Crippen molar-refractivity contribution in [2.24, 2.45) is 0 Å².